The van der Waals surface area contributed by atoms with Crippen molar-refractivity contribution in [3.8, 4) is 28.6 Å². The SMILES string of the molecule is C=CCc1ccc(OCC(O)CSc2nnc(-c3ccncc3)n2-c2ccc(F)cc2)c(OC)c1. The molecule has 4 aromatic rings. The van der Waals surface area contributed by atoms with Gasteiger partial charge in [0.1, 0.15) is 12.4 Å². The van der Waals surface area contributed by atoms with E-state index in [1.807, 2.05) is 41.0 Å². The molecule has 2 heterocycles. The summed E-state index contributed by atoms with van der Waals surface area (Å²) in [5.74, 6) is 1.73. The summed E-state index contributed by atoms with van der Waals surface area (Å²) in [6, 6.07) is 15.4. The zero-order chi connectivity index (χ0) is 24.6. The standard InChI is InChI=1S/C26H25FN4O3S/c1-3-4-18-5-10-23(24(15-18)33-2)34-16-22(32)17-35-26-30-29-25(19-11-13-28-14-12-19)31(26)21-8-6-20(27)7-9-21/h3,5-15,22,32H,1,4,16-17H2,2H3. The van der Waals surface area contributed by atoms with Crippen molar-refractivity contribution in [2.75, 3.05) is 19.5 Å². The Kier molecular flexibility index (Phi) is 8.12. The molecule has 0 saturated carbocycles. The summed E-state index contributed by atoms with van der Waals surface area (Å²) in [6.45, 7) is 3.82. The molecule has 2 aromatic carbocycles. The number of pyridine rings is 1. The van der Waals surface area contributed by atoms with E-state index in [0.717, 1.165) is 17.5 Å². The highest BCUT2D eigenvalue weighted by atomic mass is 32.2. The number of benzene rings is 2. The number of hydrogen-bond acceptors (Lipinski definition) is 7. The average molecular weight is 493 g/mol. The van der Waals surface area contributed by atoms with E-state index in [9.17, 15) is 9.50 Å². The van der Waals surface area contributed by atoms with Crippen molar-refractivity contribution in [1.82, 2.24) is 19.7 Å². The first kappa shape index (κ1) is 24.4. The third-order valence-corrected chi connectivity index (χ3v) is 6.17. The molecule has 0 aliphatic carbocycles. The molecular weight excluding hydrogens is 467 g/mol. The molecule has 0 aliphatic rings. The van der Waals surface area contributed by atoms with Crippen LogP contribution in [0.3, 0.4) is 0 Å². The van der Waals surface area contributed by atoms with Crippen LogP contribution in [0.1, 0.15) is 5.56 Å². The zero-order valence-electron chi connectivity index (χ0n) is 19.2. The molecule has 0 spiro atoms. The summed E-state index contributed by atoms with van der Waals surface area (Å²) in [6.07, 6.45) is 5.11. The number of rotatable bonds is 11. The minimum absolute atomic E-state index is 0.0755. The monoisotopic (exact) mass is 492 g/mol. The number of ether oxygens (including phenoxy) is 2. The first-order valence-corrected chi connectivity index (χ1v) is 11.9. The molecule has 0 bridgehead atoms. The summed E-state index contributed by atoms with van der Waals surface area (Å²) in [4.78, 5) is 4.05. The average Bonchev–Trinajstić information content (AvgIpc) is 3.31. The summed E-state index contributed by atoms with van der Waals surface area (Å²) < 4.78 is 26.6. The normalized spacial score (nSPS) is 11.7. The first-order valence-electron chi connectivity index (χ1n) is 10.9. The molecule has 7 nitrogen and oxygen atoms in total. The maximum Gasteiger partial charge on any atom is 0.196 e. The second-order valence-corrected chi connectivity index (χ2v) is 8.59. The Morgan fingerprint density at radius 1 is 1.09 bits per heavy atom. The van der Waals surface area contributed by atoms with Crippen molar-refractivity contribution < 1.29 is 19.0 Å². The van der Waals surface area contributed by atoms with E-state index < -0.39 is 6.10 Å². The Hall–Kier alpha value is -3.69. The number of methoxy groups -OCH3 is 1. The van der Waals surface area contributed by atoms with Crippen molar-refractivity contribution in [2.24, 2.45) is 0 Å². The van der Waals surface area contributed by atoms with Gasteiger partial charge in [0.25, 0.3) is 0 Å². The lowest BCUT2D eigenvalue weighted by atomic mass is 10.1. The van der Waals surface area contributed by atoms with Gasteiger partial charge in [0.2, 0.25) is 0 Å². The number of hydrogen-bond donors (Lipinski definition) is 1. The largest absolute Gasteiger partial charge is 0.493 e. The highest BCUT2D eigenvalue weighted by Gasteiger charge is 2.18. The maximum absolute atomic E-state index is 13.5. The zero-order valence-corrected chi connectivity index (χ0v) is 20.0. The van der Waals surface area contributed by atoms with E-state index >= 15 is 0 Å². The summed E-state index contributed by atoms with van der Waals surface area (Å²) >= 11 is 1.33. The number of allylic oxidation sites excluding steroid dienone is 1. The van der Waals surface area contributed by atoms with Gasteiger partial charge in [-0.15, -0.1) is 16.8 Å². The number of aliphatic hydroxyl groups is 1. The smallest absolute Gasteiger partial charge is 0.196 e. The van der Waals surface area contributed by atoms with E-state index in [0.29, 0.717) is 33.9 Å². The van der Waals surface area contributed by atoms with E-state index in [1.54, 1.807) is 31.6 Å². The fraction of sp³-hybridized carbons (Fsp3) is 0.192. The molecule has 1 N–H and O–H groups in total. The fourth-order valence-electron chi connectivity index (χ4n) is 3.40. The number of aliphatic hydroxyl groups excluding tert-OH is 1. The Morgan fingerprint density at radius 2 is 1.86 bits per heavy atom. The highest BCUT2D eigenvalue weighted by molar-refractivity contribution is 7.99. The molecule has 180 valence electrons. The van der Waals surface area contributed by atoms with Crippen LogP contribution in [0.5, 0.6) is 11.5 Å². The van der Waals surface area contributed by atoms with Crippen LogP contribution in [0.15, 0.2) is 84.8 Å². The fourth-order valence-corrected chi connectivity index (χ4v) is 4.26. The molecular formula is C26H25FN4O3S. The summed E-state index contributed by atoms with van der Waals surface area (Å²) in [5.41, 5.74) is 2.59. The van der Waals surface area contributed by atoms with Gasteiger partial charge in [-0.25, -0.2) is 4.39 Å². The van der Waals surface area contributed by atoms with Crippen LogP contribution in [0.25, 0.3) is 17.1 Å². The summed E-state index contributed by atoms with van der Waals surface area (Å²) in [7, 11) is 1.58. The number of aromatic nitrogens is 4. The molecule has 9 heteroatoms. The number of nitrogens with zero attached hydrogens (tertiary/aromatic N) is 4. The Bertz CT molecular complexity index is 1270. The van der Waals surface area contributed by atoms with Gasteiger partial charge in [-0.2, -0.15) is 0 Å². The molecule has 0 saturated heterocycles. The quantitative estimate of drug-likeness (QED) is 0.239. The van der Waals surface area contributed by atoms with Gasteiger partial charge < -0.3 is 14.6 Å². The van der Waals surface area contributed by atoms with Crippen molar-refractivity contribution in [3.05, 3.63) is 91.0 Å². The van der Waals surface area contributed by atoms with Crippen LogP contribution in [0.2, 0.25) is 0 Å². The minimum atomic E-state index is -0.777. The van der Waals surface area contributed by atoms with Gasteiger partial charge in [0.05, 0.1) is 13.2 Å². The Morgan fingerprint density at radius 3 is 2.57 bits per heavy atom. The van der Waals surface area contributed by atoms with Gasteiger partial charge in [-0.05, 0) is 60.5 Å². The van der Waals surface area contributed by atoms with Gasteiger partial charge in [0, 0.05) is 29.4 Å². The van der Waals surface area contributed by atoms with Crippen LogP contribution >= 0.6 is 11.8 Å². The van der Waals surface area contributed by atoms with Crippen LogP contribution < -0.4 is 9.47 Å². The second kappa shape index (κ2) is 11.6. The molecule has 1 atom stereocenters. The predicted octanol–water partition coefficient (Wildman–Crippen LogP) is 4.74. The van der Waals surface area contributed by atoms with Crippen LogP contribution in [-0.4, -0.2) is 50.4 Å². The lowest BCUT2D eigenvalue weighted by Crippen LogP contribution is -2.20. The molecule has 4 rings (SSSR count). The lowest BCUT2D eigenvalue weighted by molar-refractivity contribution is 0.124. The second-order valence-electron chi connectivity index (χ2n) is 7.61. The van der Waals surface area contributed by atoms with E-state index in [-0.39, 0.29) is 12.4 Å². The molecule has 0 fully saturated rings. The van der Waals surface area contributed by atoms with E-state index in [1.165, 1.54) is 23.9 Å². The molecule has 2 aromatic heterocycles. The third kappa shape index (κ3) is 6.06. The predicted molar refractivity (Wildman–Crippen MR) is 134 cm³/mol. The van der Waals surface area contributed by atoms with Crippen LogP contribution in [0.4, 0.5) is 4.39 Å². The Labute approximate surface area is 207 Å². The maximum atomic E-state index is 13.5. The van der Waals surface area contributed by atoms with Crippen molar-refractivity contribution >= 4 is 11.8 Å². The molecule has 0 amide bonds. The van der Waals surface area contributed by atoms with Crippen LogP contribution in [0, 0.1) is 5.82 Å². The Balaban J connectivity index is 1.47. The minimum Gasteiger partial charge on any atom is -0.493 e. The van der Waals surface area contributed by atoms with Gasteiger partial charge in [-0.3, -0.25) is 9.55 Å². The van der Waals surface area contributed by atoms with Gasteiger partial charge in [-0.1, -0.05) is 23.9 Å². The van der Waals surface area contributed by atoms with Gasteiger partial charge in [0.15, 0.2) is 22.5 Å². The third-order valence-electron chi connectivity index (χ3n) is 5.10. The molecule has 0 aliphatic heterocycles. The van der Waals surface area contributed by atoms with Crippen LogP contribution in [-0.2, 0) is 6.42 Å². The molecule has 1 unspecified atom stereocenters. The lowest BCUT2D eigenvalue weighted by Gasteiger charge is -2.15. The van der Waals surface area contributed by atoms with Crippen molar-refractivity contribution in [3.63, 3.8) is 0 Å². The summed E-state index contributed by atoms with van der Waals surface area (Å²) in [5, 5.41) is 19.8. The van der Waals surface area contributed by atoms with Crippen molar-refractivity contribution in [1.29, 1.82) is 0 Å². The molecule has 0 radical (unpaired) electrons. The van der Waals surface area contributed by atoms with E-state index in [2.05, 4.69) is 21.8 Å². The highest BCUT2D eigenvalue weighted by Crippen LogP contribution is 2.30. The van der Waals surface area contributed by atoms with Crippen molar-refractivity contribution in [2.45, 2.75) is 17.7 Å². The van der Waals surface area contributed by atoms with E-state index in [4.69, 9.17) is 9.47 Å². The number of halogens is 1. The van der Waals surface area contributed by atoms with Gasteiger partial charge >= 0.3 is 0 Å². The topological polar surface area (TPSA) is 82.3 Å². The molecule has 35 heavy (non-hydrogen) atoms. The number of thioether (sulfide) groups is 1. The first-order chi connectivity index (χ1) is 17.1.